The van der Waals surface area contributed by atoms with Crippen LogP contribution in [0.5, 0.6) is 0 Å². The highest BCUT2D eigenvalue weighted by atomic mass is 32.2. The molecule has 0 radical (unpaired) electrons. The van der Waals surface area contributed by atoms with Gasteiger partial charge in [-0.15, -0.1) is 5.14 Å². The minimum atomic E-state index is -1.55. The van der Waals surface area contributed by atoms with Crippen LogP contribution in [0.4, 0.5) is 0 Å². The molecule has 5 aromatic rings. The third-order valence-corrected chi connectivity index (χ3v) is 7.99. The maximum absolute atomic E-state index is 12.0. The van der Waals surface area contributed by atoms with E-state index in [1.54, 1.807) is 0 Å². The standard InChI is InChI=1S/C29H29N5OS/c30-36(35)28-13-12-25(24-6-2-3-7-26(24)28)27-19-32-34-20-23(18-31-29(27)34)22-10-8-21(9-11-22)14-17-33-15-4-1-5-16-33/h2-3,6-13,18-20H,1,4-5,14-17,30H2. The van der Waals surface area contributed by atoms with Crippen LogP contribution < -0.4 is 5.14 Å². The lowest BCUT2D eigenvalue weighted by molar-refractivity contribution is 0.231. The molecule has 1 aliphatic rings. The summed E-state index contributed by atoms with van der Waals surface area (Å²) in [7, 11) is 0. The van der Waals surface area contributed by atoms with Crippen LogP contribution in [-0.4, -0.2) is 43.7 Å². The molecule has 1 aliphatic heterocycles. The molecule has 6 rings (SSSR count). The molecule has 36 heavy (non-hydrogen) atoms. The first-order valence-corrected chi connectivity index (χ1v) is 13.7. The van der Waals surface area contributed by atoms with E-state index in [1.165, 1.54) is 37.9 Å². The molecular weight excluding hydrogens is 466 g/mol. The van der Waals surface area contributed by atoms with E-state index >= 15 is 0 Å². The number of benzene rings is 3. The molecule has 0 saturated carbocycles. The lowest BCUT2D eigenvalue weighted by Gasteiger charge is -2.26. The molecule has 1 fully saturated rings. The van der Waals surface area contributed by atoms with E-state index in [0.717, 1.165) is 51.6 Å². The number of likely N-dealkylation sites (tertiary alicyclic amines) is 1. The van der Waals surface area contributed by atoms with Crippen LogP contribution in [0.15, 0.2) is 84.1 Å². The molecule has 1 atom stereocenters. The summed E-state index contributed by atoms with van der Waals surface area (Å²) in [5.74, 6) is 0. The molecule has 182 valence electrons. The Morgan fingerprint density at radius 1 is 0.833 bits per heavy atom. The molecule has 6 nitrogen and oxygen atoms in total. The van der Waals surface area contributed by atoms with E-state index in [1.807, 2.05) is 59.5 Å². The number of piperidine rings is 1. The molecule has 2 N–H and O–H groups in total. The van der Waals surface area contributed by atoms with Gasteiger partial charge in [0.25, 0.3) is 0 Å². The fraction of sp³-hybridized carbons (Fsp3) is 0.241. The Kier molecular flexibility index (Phi) is 6.46. The van der Waals surface area contributed by atoms with Crippen LogP contribution in [0.3, 0.4) is 0 Å². The Morgan fingerprint density at radius 3 is 2.39 bits per heavy atom. The van der Waals surface area contributed by atoms with Crippen molar-refractivity contribution in [3.63, 3.8) is 0 Å². The second kappa shape index (κ2) is 10.0. The van der Waals surface area contributed by atoms with Gasteiger partial charge in [-0.25, -0.2) is 9.50 Å². The van der Waals surface area contributed by atoms with Gasteiger partial charge in [0.05, 0.1) is 17.6 Å². The van der Waals surface area contributed by atoms with Crippen molar-refractivity contribution in [3.05, 3.63) is 84.8 Å². The highest BCUT2D eigenvalue weighted by molar-refractivity contribution is 7.89. The van der Waals surface area contributed by atoms with Gasteiger partial charge in [-0.05, 0) is 72.6 Å². The van der Waals surface area contributed by atoms with E-state index in [9.17, 15) is 4.55 Å². The summed E-state index contributed by atoms with van der Waals surface area (Å²) in [5, 5.41) is 12.2. The van der Waals surface area contributed by atoms with E-state index in [4.69, 9.17) is 10.1 Å². The average Bonchev–Trinajstić information content (AvgIpc) is 3.35. The van der Waals surface area contributed by atoms with E-state index < -0.39 is 11.4 Å². The predicted octanol–water partition coefficient (Wildman–Crippen LogP) is 5.23. The lowest BCUT2D eigenvalue weighted by Crippen LogP contribution is -2.31. The number of rotatable bonds is 6. The lowest BCUT2D eigenvalue weighted by atomic mass is 10.00. The van der Waals surface area contributed by atoms with Crippen LogP contribution in [0, 0.1) is 0 Å². The molecule has 7 heteroatoms. The Hall–Kier alpha value is -3.23. The number of hydrogen-bond donors (Lipinski definition) is 1. The molecule has 0 bridgehead atoms. The molecule has 1 saturated heterocycles. The maximum Gasteiger partial charge on any atom is 0.181 e. The molecule has 0 spiro atoms. The zero-order valence-electron chi connectivity index (χ0n) is 20.1. The van der Waals surface area contributed by atoms with Crippen molar-refractivity contribution in [2.24, 2.45) is 5.14 Å². The second-order valence-electron chi connectivity index (χ2n) is 9.47. The van der Waals surface area contributed by atoms with Gasteiger partial charge in [-0.2, -0.15) is 5.10 Å². The van der Waals surface area contributed by atoms with Crippen molar-refractivity contribution in [3.8, 4) is 22.3 Å². The first kappa shape index (κ1) is 23.2. The summed E-state index contributed by atoms with van der Waals surface area (Å²) < 4.78 is 13.9. The van der Waals surface area contributed by atoms with Crippen molar-refractivity contribution >= 4 is 27.8 Å². The zero-order chi connectivity index (χ0) is 24.5. The van der Waals surface area contributed by atoms with Crippen molar-refractivity contribution in [2.75, 3.05) is 19.6 Å². The SMILES string of the molecule is N[S+]([O-])c1ccc(-c2cnn3cc(-c4ccc(CCN5CCCCC5)cc4)cnc23)c2ccccc12. The maximum atomic E-state index is 12.0. The molecule has 3 heterocycles. The fourth-order valence-corrected chi connectivity index (χ4v) is 5.83. The van der Waals surface area contributed by atoms with E-state index in [-0.39, 0.29) is 0 Å². The predicted molar refractivity (Wildman–Crippen MR) is 146 cm³/mol. The average molecular weight is 496 g/mol. The van der Waals surface area contributed by atoms with Crippen LogP contribution in [0.2, 0.25) is 0 Å². The van der Waals surface area contributed by atoms with E-state index in [0.29, 0.717) is 4.90 Å². The molecule has 2 aromatic heterocycles. The monoisotopic (exact) mass is 495 g/mol. The highest BCUT2D eigenvalue weighted by Crippen LogP contribution is 2.34. The Bertz CT molecular complexity index is 1510. The highest BCUT2D eigenvalue weighted by Gasteiger charge is 2.17. The molecular formula is C29H29N5OS. The third kappa shape index (κ3) is 4.51. The summed E-state index contributed by atoms with van der Waals surface area (Å²) >= 11 is -1.55. The topological polar surface area (TPSA) is 82.5 Å². The van der Waals surface area contributed by atoms with Crippen molar-refractivity contribution in [1.82, 2.24) is 19.5 Å². The summed E-state index contributed by atoms with van der Waals surface area (Å²) in [6.45, 7) is 3.62. The van der Waals surface area contributed by atoms with Gasteiger partial charge in [0, 0.05) is 35.5 Å². The van der Waals surface area contributed by atoms with Crippen molar-refractivity contribution in [2.45, 2.75) is 30.6 Å². The summed E-state index contributed by atoms with van der Waals surface area (Å²) in [5.41, 5.74) is 6.23. The van der Waals surface area contributed by atoms with Crippen LogP contribution in [0.1, 0.15) is 24.8 Å². The smallest absolute Gasteiger partial charge is 0.181 e. The summed E-state index contributed by atoms with van der Waals surface area (Å²) in [6, 6.07) is 20.5. The quantitative estimate of drug-likeness (QED) is 0.326. The summed E-state index contributed by atoms with van der Waals surface area (Å²) in [4.78, 5) is 7.99. The van der Waals surface area contributed by atoms with Crippen LogP contribution in [0.25, 0.3) is 38.7 Å². The molecule has 0 amide bonds. The third-order valence-electron chi connectivity index (χ3n) is 7.20. The minimum absolute atomic E-state index is 0.625. The van der Waals surface area contributed by atoms with E-state index in [2.05, 4.69) is 34.3 Å². The Balaban J connectivity index is 1.27. The Labute approximate surface area is 214 Å². The van der Waals surface area contributed by atoms with Crippen molar-refractivity contribution < 1.29 is 4.55 Å². The van der Waals surface area contributed by atoms with Gasteiger partial charge in [0.15, 0.2) is 10.5 Å². The number of fused-ring (bicyclic) bond motifs is 2. The van der Waals surface area contributed by atoms with Gasteiger partial charge in [-0.1, -0.05) is 48.9 Å². The summed E-state index contributed by atoms with van der Waals surface area (Å²) in [6.07, 6.45) is 10.9. The van der Waals surface area contributed by atoms with Crippen LogP contribution >= 0.6 is 0 Å². The number of nitrogens with zero attached hydrogens (tertiary/aromatic N) is 4. The first-order chi connectivity index (χ1) is 17.7. The Morgan fingerprint density at radius 2 is 1.61 bits per heavy atom. The van der Waals surface area contributed by atoms with Gasteiger partial charge in [0.1, 0.15) is 0 Å². The first-order valence-electron chi connectivity index (χ1n) is 12.5. The van der Waals surface area contributed by atoms with Crippen LogP contribution in [-0.2, 0) is 17.8 Å². The molecule has 0 aliphatic carbocycles. The zero-order valence-corrected chi connectivity index (χ0v) is 21.0. The van der Waals surface area contributed by atoms with Crippen molar-refractivity contribution in [1.29, 1.82) is 0 Å². The second-order valence-corrected chi connectivity index (χ2v) is 10.5. The van der Waals surface area contributed by atoms with Gasteiger partial charge in [-0.3, -0.25) is 0 Å². The minimum Gasteiger partial charge on any atom is -0.593 e. The van der Waals surface area contributed by atoms with Gasteiger partial charge < -0.3 is 9.45 Å². The number of hydrogen-bond acceptors (Lipinski definition) is 5. The molecule has 3 aromatic carbocycles. The van der Waals surface area contributed by atoms with Gasteiger partial charge >= 0.3 is 0 Å². The fourth-order valence-electron chi connectivity index (χ4n) is 5.23. The normalized spacial score (nSPS) is 15.5. The largest absolute Gasteiger partial charge is 0.593 e. The molecule has 1 unspecified atom stereocenters. The van der Waals surface area contributed by atoms with Gasteiger partial charge in [0.2, 0.25) is 0 Å². The number of nitrogens with two attached hydrogens (primary N) is 1. The number of aromatic nitrogens is 3.